The molecule has 1 N–H and O–H groups in total. The Morgan fingerprint density at radius 1 is 1.00 bits per heavy atom. The maximum Gasteiger partial charge on any atom is 0.408 e. The minimum Gasteiger partial charge on any atom is -0.496 e. The second kappa shape index (κ2) is 9.20. The molecule has 1 amide bonds. The Hall–Kier alpha value is -3.40. The van der Waals surface area contributed by atoms with Gasteiger partial charge in [-0.05, 0) is 38.5 Å². The van der Waals surface area contributed by atoms with Gasteiger partial charge in [-0.2, -0.15) is 5.26 Å². The lowest BCUT2D eigenvalue weighted by atomic mass is 9.95. The Morgan fingerprint density at radius 2 is 1.55 bits per heavy atom. The Kier molecular flexibility index (Phi) is 6.94. The molecule has 7 heteroatoms. The van der Waals surface area contributed by atoms with Crippen LogP contribution < -0.4 is 19.5 Å². The van der Waals surface area contributed by atoms with Gasteiger partial charge in [-0.25, -0.2) is 4.79 Å². The van der Waals surface area contributed by atoms with Gasteiger partial charge in [-0.15, -0.1) is 0 Å². The van der Waals surface area contributed by atoms with E-state index in [0.29, 0.717) is 28.4 Å². The maximum absolute atomic E-state index is 12.6. The van der Waals surface area contributed by atoms with Crippen LogP contribution in [-0.4, -0.2) is 33.0 Å². The van der Waals surface area contributed by atoms with Crippen molar-refractivity contribution in [3.05, 3.63) is 53.1 Å². The fourth-order valence-electron chi connectivity index (χ4n) is 2.81. The van der Waals surface area contributed by atoms with Crippen LogP contribution in [0, 0.1) is 11.3 Å². The first-order valence-electron chi connectivity index (χ1n) is 9.02. The molecule has 1 unspecified atom stereocenters. The number of hydrogen-bond donors (Lipinski definition) is 1. The molecule has 0 heterocycles. The fourth-order valence-corrected chi connectivity index (χ4v) is 2.81. The molecule has 0 fully saturated rings. The van der Waals surface area contributed by atoms with Crippen LogP contribution in [0.3, 0.4) is 0 Å². The third-order valence-electron chi connectivity index (χ3n) is 4.08. The largest absolute Gasteiger partial charge is 0.496 e. The number of alkyl carbamates (subject to hydrolysis) is 1. The van der Waals surface area contributed by atoms with Crippen LogP contribution in [0.4, 0.5) is 4.79 Å². The number of carbonyl (C=O) groups excluding carboxylic acids is 1. The summed E-state index contributed by atoms with van der Waals surface area (Å²) in [5.41, 5.74) is 1.19. The molecule has 0 saturated heterocycles. The Morgan fingerprint density at radius 3 is 1.97 bits per heavy atom. The summed E-state index contributed by atoms with van der Waals surface area (Å²) in [6.45, 7) is 5.37. The van der Waals surface area contributed by atoms with Gasteiger partial charge in [0.2, 0.25) is 0 Å². The van der Waals surface area contributed by atoms with Gasteiger partial charge in [0.1, 0.15) is 22.8 Å². The highest BCUT2D eigenvalue weighted by atomic mass is 16.6. The number of benzene rings is 2. The molecule has 2 rings (SSSR count). The normalized spacial score (nSPS) is 11.8. The predicted molar refractivity (Wildman–Crippen MR) is 108 cm³/mol. The molecule has 2 aromatic carbocycles. The van der Waals surface area contributed by atoms with Crippen LogP contribution in [0.15, 0.2) is 36.4 Å². The molecule has 0 aliphatic rings. The molecule has 154 valence electrons. The van der Waals surface area contributed by atoms with E-state index in [9.17, 15) is 4.79 Å². The first-order chi connectivity index (χ1) is 13.7. The van der Waals surface area contributed by atoms with Crippen molar-refractivity contribution in [3.8, 4) is 23.3 Å². The van der Waals surface area contributed by atoms with Gasteiger partial charge in [-0.3, -0.25) is 0 Å². The second-order valence-corrected chi connectivity index (χ2v) is 7.26. The average Bonchev–Trinajstić information content (AvgIpc) is 2.69. The van der Waals surface area contributed by atoms with E-state index < -0.39 is 17.7 Å². The Labute approximate surface area is 171 Å². The summed E-state index contributed by atoms with van der Waals surface area (Å²) in [6, 6.07) is 11.8. The van der Waals surface area contributed by atoms with E-state index >= 15 is 0 Å². The van der Waals surface area contributed by atoms with E-state index in [-0.39, 0.29) is 0 Å². The molecule has 0 aliphatic heterocycles. The zero-order chi connectivity index (χ0) is 21.6. The average molecular weight is 398 g/mol. The van der Waals surface area contributed by atoms with Gasteiger partial charge in [-0.1, -0.05) is 12.1 Å². The molecule has 1 atom stereocenters. The summed E-state index contributed by atoms with van der Waals surface area (Å²) in [5.74, 6) is 1.51. The molecule has 29 heavy (non-hydrogen) atoms. The monoisotopic (exact) mass is 398 g/mol. The van der Waals surface area contributed by atoms with E-state index in [4.69, 9.17) is 24.2 Å². The van der Waals surface area contributed by atoms with Crippen molar-refractivity contribution in [2.24, 2.45) is 0 Å². The van der Waals surface area contributed by atoms with Gasteiger partial charge < -0.3 is 24.3 Å². The van der Waals surface area contributed by atoms with Gasteiger partial charge in [0.25, 0.3) is 0 Å². The summed E-state index contributed by atoms with van der Waals surface area (Å²) < 4.78 is 21.9. The van der Waals surface area contributed by atoms with Gasteiger partial charge in [0.05, 0.1) is 44.6 Å². The van der Waals surface area contributed by atoms with Crippen molar-refractivity contribution in [1.29, 1.82) is 5.26 Å². The standard InChI is InChI=1S/C22H26N2O5/c1-22(2,3)29-21(25)24-20(15-9-7-14(13-23)8-10-15)19-17(27-5)11-16(26-4)12-18(19)28-6/h7-12,20H,1-6H3,(H,24,25). The summed E-state index contributed by atoms with van der Waals surface area (Å²) in [5, 5.41) is 12.0. The predicted octanol–water partition coefficient (Wildman–Crippen LogP) is 4.20. The minimum atomic E-state index is -0.659. The van der Waals surface area contributed by atoms with Crippen molar-refractivity contribution in [1.82, 2.24) is 5.32 Å². The summed E-state index contributed by atoms with van der Waals surface area (Å²) in [6.07, 6.45) is -0.591. The van der Waals surface area contributed by atoms with E-state index in [1.54, 1.807) is 64.3 Å². The highest BCUT2D eigenvalue weighted by Gasteiger charge is 2.28. The van der Waals surface area contributed by atoms with Crippen molar-refractivity contribution < 1.29 is 23.7 Å². The highest BCUT2D eigenvalue weighted by molar-refractivity contribution is 5.70. The molecule has 0 spiro atoms. The summed E-state index contributed by atoms with van der Waals surface area (Å²) >= 11 is 0. The number of ether oxygens (including phenoxy) is 4. The molecular formula is C22H26N2O5. The molecule has 0 saturated carbocycles. The van der Waals surface area contributed by atoms with Crippen LogP contribution in [0.25, 0.3) is 0 Å². The van der Waals surface area contributed by atoms with Crippen molar-refractivity contribution >= 4 is 6.09 Å². The van der Waals surface area contributed by atoms with Crippen molar-refractivity contribution in [2.45, 2.75) is 32.4 Å². The Bertz CT molecular complexity index is 870. The quantitative estimate of drug-likeness (QED) is 0.784. The van der Waals surface area contributed by atoms with E-state index in [1.165, 1.54) is 14.2 Å². The molecule has 0 bridgehead atoms. The van der Waals surface area contributed by atoms with Crippen LogP contribution in [0.5, 0.6) is 17.2 Å². The topological polar surface area (TPSA) is 89.8 Å². The third kappa shape index (κ3) is 5.55. The van der Waals surface area contributed by atoms with E-state index in [0.717, 1.165) is 5.56 Å². The minimum absolute atomic E-state index is 0.478. The molecule has 0 aromatic heterocycles. The molecular weight excluding hydrogens is 372 g/mol. The van der Waals surface area contributed by atoms with Crippen molar-refractivity contribution in [3.63, 3.8) is 0 Å². The number of nitriles is 1. The summed E-state index contributed by atoms with van der Waals surface area (Å²) in [7, 11) is 4.60. The molecule has 7 nitrogen and oxygen atoms in total. The highest BCUT2D eigenvalue weighted by Crippen LogP contribution is 2.41. The van der Waals surface area contributed by atoms with Gasteiger partial charge in [0, 0.05) is 12.1 Å². The number of carbonyl (C=O) groups is 1. The lowest BCUT2D eigenvalue weighted by Crippen LogP contribution is -2.35. The zero-order valence-electron chi connectivity index (χ0n) is 17.5. The molecule has 0 aliphatic carbocycles. The van der Waals surface area contributed by atoms with Crippen LogP contribution in [0.1, 0.15) is 43.5 Å². The Balaban J connectivity index is 2.60. The third-order valence-corrected chi connectivity index (χ3v) is 4.08. The lowest BCUT2D eigenvalue weighted by molar-refractivity contribution is 0.0511. The first kappa shape index (κ1) is 21.9. The fraction of sp³-hybridized carbons (Fsp3) is 0.364. The van der Waals surface area contributed by atoms with Crippen LogP contribution in [-0.2, 0) is 4.74 Å². The summed E-state index contributed by atoms with van der Waals surface area (Å²) in [4.78, 5) is 12.6. The first-order valence-corrected chi connectivity index (χ1v) is 9.02. The lowest BCUT2D eigenvalue weighted by Gasteiger charge is -2.26. The molecule has 2 aromatic rings. The van der Waals surface area contributed by atoms with Crippen molar-refractivity contribution in [2.75, 3.05) is 21.3 Å². The van der Waals surface area contributed by atoms with Gasteiger partial charge in [0.15, 0.2) is 0 Å². The number of nitrogens with zero attached hydrogens (tertiary/aromatic N) is 1. The number of nitrogens with one attached hydrogen (secondary N) is 1. The SMILES string of the molecule is COc1cc(OC)c(C(NC(=O)OC(C)(C)C)c2ccc(C#N)cc2)c(OC)c1. The van der Waals surface area contributed by atoms with Crippen LogP contribution >= 0.6 is 0 Å². The van der Waals surface area contributed by atoms with Crippen LogP contribution in [0.2, 0.25) is 0 Å². The number of hydrogen-bond acceptors (Lipinski definition) is 6. The molecule has 0 radical (unpaired) electrons. The number of methoxy groups -OCH3 is 3. The number of amides is 1. The van der Waals surface area contributed by atoms with E-state index in [2.05, 4.69) is 11.4 Å². The van der Waals surface area contributed by atoms with Gasteiger partial charge >= 0.3 is 6.09 Å². The maximum atomic E-state index is 12.6. The second-order valence-electron chi connectivity index (χ2n) is 7.26. The smallest absolute Gasteiger partial charge is 0.408 e. The zero-order valence-corrected chi connectivity index (χ0v) is 17.5. The number of rotatable bonds is 6. The van der Waals surface area contributed by atoms with E-state index in [1.807, 2.05) is 0 Å².